The standard InChI is InChI=1S/C12H17N5S/c1-3-4-5-7-6(2)8-9(13)15-12(14)17-10(8)16-11(7)18/h3-5H2,1-2H3,(H5,13,14,15,16,17,18). The molecule has 5 nitrogen and oxygen atoms in total. The van der Waals surface area contributed by atoms with Gasteiger partial charge in [0.1, 0.15) is 16.1 Å². The van der Waals surface area contributed by atoms with Gasteiger partial charge in [0.05, 0.1) is 5.39 Å². The molecule has 2 heterocycles. The molecule has 0 aliphatic carbocycles. The topological polar surface area (TPSA) is 93.6 Å². The number of nitrogens with one attached hydrogen (secondary N) is 1. The number of nitrogen functional groups attached to an aromatic ring is 2. The molecule has 2 aromatic rings. The summed E-state index contributed by atoms with van der Waals surface area (Å²) in [6, 6.07) is 0. The second-order valence-electron chi connectivity index (χ2n) is 4.35. The van der Waals surface area contributed by atoms with Gasteiger partial charge in [0, 0.05) is 0 Å². The van der Waals surface area contributed by atoms with Gasteiger partial charge in [0.2, 0.25) is 5.95 Å². The first-order chi connectivity index (χ1) is 8.54. The van der Waals surface area contributed by atoms with Crippen LogP contribution in [0, 0.1) is 11.6 Å². The molecule has 0 saturated carbocycles. The smallest absolute Gasteiger partial charge is 0.223 e. The van der Waals surface area contributed by atoms with Crippen LogP contribution < -0.4 is 11.5 Å². The van der Waals surface area contributed by atoms with Crippen LogP contribution in [0.2, 0.25) is 0 Å². The van der Waals surface area contributed by atoms with Crippen LogP contribution >= 0.6 is 12.2 Å². The Labute approximate surface area is 111 Å². The molecule has 0 unspecified atom stereocenters. The van der Waals surface area contributed by atoms with Crippen molar-refractivity contribution in [2.75, 3.05) is 11.5 Å². The van der Waals surface area contributed by atoms with Crippen molar-refractivity contribution < 1.29 is 0 Å². The minimum atomic E-state index is 0.159. The molecule has 0 radical (unpaired) electrons. The fraction of sp³-hybridized carbons (Fsp3) is 0.417. The van der Waals surface area contributed by atoms with Crippen LogP contribution in [-0.4, -0.2) is 15.0 Å². The lowest BCUT2D eigenvalue weighted by atomic mass is 10.0. The van der Waals surface area contributed by atoms with Gasteiger partial charge in [-0.2, -0.15) is 9.97 Å². The Bertz CT molecular complexity index is 647. The van der Waals surface area contributed by atoms with Crippen molar-refractivity contribution in [2.45, 2.75) is 33.1 Å². The molecule has 0 aliphatic heterocycles. The van der Waals surface area contributed by atoms with Crippen LogP contribution in [0.4, 0.5) is 11.8 Å². The highest BCUT2D eigenvalue weighted by Crippen LogP contribution is 2.25. The van der Waals surface area contributed by atoms with Crippen molar-refractivity contribution in [3.8, 4) is 0 Å². The summed E-state index contributed by atoms with van der Waals surface area (Å²) in [6.07, 6.45) is 3.16. The Morgan fingerprint density at radius 3 is 2.67 bits per heavy atom. The van der Waals surface area contributed by atoms with E-state index in [-0.39, 0.29) is 5.95 Å². The van der Waals surface area contributed by atoms with Gasteiger partial charge in [0.15, 0.2) is 0 Å². The van der Waals surface area contributed by atoms with Gasteiger partial charge in [-0.3, -0.25) is 0 Å². The van der Waals surface area contributed by atoms with Crippen LogP contribution in [0.3, 0.4) is 0 Å². The molecular formula is C12H17N5S. The quantitative estimate of drug-likeness (QED) is 0.740. The second kappa shape index (κ2) is 4.89. The number of fused-ring (bicyclic) bond motifs is 1. The molecule has 0 aromatic carbocycles. The van der Waals surface area contributed by atoms with Gasteiger partial charge in [-0.15, -0.1) is 0 Å². The van der Waals surface area contributed by atoms with E-state index in [1.807, 2.05) is 6.92 Å². The molecule has 0 fully saturated rings. The van der Waals surface area contributed by atoms with Crippen molar-refractivity contribution in [2.24, 2.45) is 0 Å². The second-order valence-corrected chi connectivity index (χ2v) is 4.76. The lowest BCUT2D eigenvalue weighted by Gasteiger charge is -2.11. The van der Waals surface area contributed by atoms with Crippen LogP contribution in [0.5, 0.6) is 0 Å². The minimum Gasteiger partial charge on any atom is -0.383 e. The predicted molar refractivity (Wildman–Crippen MR) is 76.9 cm³/mol. The molecule has 0 spiro atoms. The van der Waals surface area contributed by atoms with Crippen LogP contribution in [0.25, 0.3) is 11.0 Å². The fourth-order valence-corrected chi connectivity index (χ4v) is 2.47. The maximum absolute atomic E-state index is 5.92. The molecular weight excluding hydrogens is 246 g/mol. The first-order valence-electron chi connectivity index (χ1n) is 5.99. The number of unbranched alkanes of at least 4 members (excludes halogenated alkanes) is 1. The highest BCUT2D eigenvalue weighted by Gasteiger charge is 2.11. The number of anilines is 2. The van der Waals surface area contributed by atoms with E-state index in [0.29, 0.717) is 16.1 Å². The molecule has 0 atom stereocenters. The lowest BCUT2D eigenvalue weighted by Crippen LogP contribution is -2.05. The first kappa shape index (κ1) is 12.8. The summed E-state index contributed by atoms with van der Waals surface area (Å²) in [5.74, 6) is 0.561. The van der Waals surface area contributed by atoms with E-state index < -0.39 is 0 Å². The SMILES string of the molecule is CCCCc1c(C)c2c(N)nc(N)nc2[nH]c1=S. The summed E-state index contributed by atoms with van der Waals surface area (Å²) in [5, 5.41) is 0.823. The largest absolute Gasteiger partial charge is 0.383 e. The van der Waals surface area contributed by atoms with E-state index in [9.17, 15) is 0 Å². The Morgan fingerprint density at radius 2 is 2.00 bits per heavy atom. The summed E-state index contributed by atoms with van der Waals surface area (Å²) in [7, 11) is 0. The van der Waals surface area contributed by atoms with E-state index in [1.54, 1.807) is 0 Å². The van der Waals surface area contributed by atoms with Gasteiger partial charge in [-0.25, -0.2) is 0 Å². The first-order valence-corrected chi connectivity index (χ1v) is 6.39. The molecule has 5 N–H and O–H groups in total. The van der Waals surface area contributed by atoms with Crippen molar-refractivity contribution in [3.63, 3.8) is 0 Å². The van der Waals surface area contributed by atoms with Crippen molar-refractivity contribution in [3.05, 3.63) is 15.8 Å². The number of aromatic nitrogens is 3. The molecule has 0 amide bonds. The third-order valence-corrected chi connectivity index (χ3v) is 3.42. The number of hydrogen-bond donors (Lipinski definition) is 3. The lowest BCUT2D eigenvalue weighted by molar-refractivity contribution is 0.787. The highest BCUT2D eigenvalue weighted by molar-refractivity contribution is 7.71. The van der Waals surface area contributed by atoms with Gasteiger partial charge in [-0.1, -0.05) is 25.6 Å². The monoisotopic (exact) mass is 263 g/mol. The molecule has 6 heteroatoms. The number of hydrogen-bond acceptors (Lipinski definition) is 5. The van der Waals surface area contributed by atoms with Gasteiger partial charge >= 0.3 is 0 Å². The maximum atomic E-state index is 5.92. The number of pyridine rings is 1. The third-order valence-electron chi connectivity index (χ3n) is 3.07. The van der Waals surface area contributed by atoms with E-state index in [1.165, 1.54) is 0 Å². The average molecular weight is 263 g/mol. The zero-order chi connectivity index (χ0) is 13.3. The van der Waals surface area contributed by atoms with Crippen molar-refractivity contribution in [1.29, 1.82) is 0 Å². The summed E-state index contributed by atoms with van der Waals surface area (Å²) in [5.41, 5.74) is 14.3. The molecule has 0 bridgehead atoms. The number of nitrogens with zero attached hydrogens (tertiary/aromatic N) is 2. The van der Waals surface area contributed by atoms with E-state index >= 15 is 0 Å². The molecule has 18 heavy (non-hydrogen) atoms. The molecule has 96 valence electrons. The van der Waals surface area contributed by atoms with E-state index in [2.05, 4.69) is 21.9 Å². The fourth-order valence-electron chi connectivity index (χ4n) is 2.11. The zero-order valence-electron chi connectivity index (χ0n) is 10.6. The number of H-pyrrole nitrogens is 1. The summed E-state index contributed by atoms with van der Waals surface area (Å²) in [4.78, 5) is 11.2. The van der Waals surface area contributed by atoms with Gasteiger partial charge in [-0.05, 0) is 30.9 Å². The molecule has 0 saturated heterocycles. The molecule has 0 aliphatic rings. The average Bonchev–Trinajstić information content (AvgIpc) is 2.27. The number of aryl methyl sites for hydroxylation is 1. The Kier molecular flexibility index (Phi) is 3.47. The number of nitrogens with two attached hydrogens (primary N) is 2. The predicted octanol–water partition coefficient (Wildman–Crippen LogP) is 2.50. The van der Waals surface area contributed by atoms with Crippen LogP contribution in [0.1, 0.15) is 30.9 Å². The normalized spacial score (nSPS) is 11.0. The summed E-state index contributed by atoms with van der Waals surface area (Å²) in [6.45, 7) is 4.16. The summed E-state index contributed by atoms with van der Waals surface area (Å²) >= 11 is 5.37. The van der Waals surface area contributed by atoms with E-state index in [4.69, 9.17) is 23.7 Å². The van der Waals surface area contributed by atoms with Crippen molar-refractivity contribution in [1.82, 2.24) is 15.0 Å². The van der Waals surface area contributed by atoms with Gasteiger partial charge in [0.25, 0.3) is 0 Å². The highest BCUT2D eigenvalue weighted by atomic mass is 32.1. The van der Waals surface area contributed by atoms with Gasteiger partial charge < -0.3 is 16.5 Å². The Morgan fingerprint density at radius 1 is 1.28 bits per heavy atom. The maximum Gasteiger partial charge on any atom is 0.223 e. The number of aromatic amines is 1. The zero-order valence-corrected chi connectivity index (χ0v) is 11.4. The molecule has 2 aromatic heterocycles. The summed E-state index contributed by atoms with van der Waals surface area (Å²) < 4.78 is 0.714. The minimum absolute atomic E-state index is 0.159. The van der Waals surface area contributed by atoms with Crippen molar-refractivity contribution >= 4 is 35.0 Å². The Balaban J connectivity index is 2.73. The van der Waals surface area contributed by atoms with Crippen LogP contribution in [-0.2, 0) is 6.42 Å². The van der Waals surface area contributed by atoms with E-state index in [0.717, 1.165) is 35.8 Å². The third kappa shape index (κ3) is 2.15. The van der Waals surface area contributed by atoms with Crippen LogP contribution in [0.15, 0.2) is 0 Å². The Hall–Kier alpha value is -1.69. The molecule has 2 rings (SSSR count). The number of rotatable bonds is 3.